The molecule has 0 fully saturated rings. The highest BCUT2D eigenvalue weighted by Crippen LogP contribution is 2.18. The van der Waals surface area contributed by atoms with Gasteiger partial charge in [-0.2, -0.15) is 0 Å². The van der Waals surface area contributed by atoms with E-state index in [4.69, 9.17) is 4.74 Å². The summed E-state index contributed by atoms with van der Waals surface area (Å²) in [5, 5.41) is 3.29. The zero-order chi connectivity index (χ0) is 24.0. The highest BCUT2D eigenvalue weighted by Gasteiger charge is 2.20. The maximum Gasteiger partial charge on any atom is 0.317 e. The second-order valence-corrected chi connectivity index (χ2v) is 9.17. The molecule has 1 aliphatic carbocycles. The highest BCUT2D eigenvalue weighted by molar-refractivity contribution is 5.74. The first-order chi connectivity index (χ1) is 16.6. The van der Waals surface area contributed by atoms with Crippen LogP contribution in [0, 0.1) is 0 Å². The molecule has 5 nitrogen and oxygen atoms in total. The lowest BCUT2D eigenvalue weighted by molar-refractivity contribution is 0.0970. The molecule has 0 spiro atoms. The van der Waals surface area contributed by atoms with Crippen LogP contribution in [0.4, 0.5) is 4.79 Å². The molecule has 2 aromatic carbocycles. The summed E-state index contributed by atoms with van der Waals surface area (Å²) >= 11 is 0. The summed E-state index contributed by atoms with van der Waals surface area (Å²) < 4.78 is 6.04. The van der Waals surface area contributed by atoms with Gasteiger partial charge in [-0.1, -0.05) is 84.5 Å². The van der Waals surface area contributed by atoms with Crippen molar-refractivity contribution >= 4 is 6.03 Å². The van der Waals surface area contributed by atoms with Crippen molar-refractivity contribution in [2.45, 2.75) is 38.3 Å². The lowest BCUT2D eigenvalue weighted by Gasteiger charge is -2.28. The zero-order valence-electron chi connectivity index (χ0n) is 20.7. The molecule has 182 valence electrons. The molecule has 0 saturated carbocycles. The Kier molecular flexibility index (Phi) is 10.9. The Balaban J connectivity index is 1.62. The van der Waals surface area contributed by atoms with Crippen LogP contribution in [0.25, 0.3) is 0 Å². The fraction of sp³-hybridized carbons (Fsp3) is 0.414. The number of urea groups is 1. The van der Waals surface area contributed by atoms with Crippen molar-refractivity contribution in [2.24, 2.45) is 0 Å². The van der Waals surface area contributed by atoms with Gasteiger partial charge in [0, 0.05) is 19.6 Å². The topological polar surface area (TPSA) is 44.8 Å². The van der Waals surface area contributed by atoms with E-state index in [2.05, 4.69) is 52.7 Å². The fourth-order valence-electron chi connectivity index (χ4n) is 3.99. The first-order valence-corrected chi connectivity index (χ1v) is 12.3. The van der Waals surface area contributed by atoms with Crippen molar-refractivity contribution in [3.8, 4) is 0 Å². The van der Waals surface area contributed by atoms with Crippen LogP contribution >= 0.6 is 0 Å². The fourth-order valence-corrected chi connectivity index (χ4v) is 3.99. The number of carbonyl (C=O) groups excluding carboxylic acids is 1. The number of nitrogens with zero attached hydrogens (tertiary/aromatic N) is 2. The van der Waals surface area contributed by atoms with Gasteiger partial charge in [-0.3, -0.25) is 0 Å². The second-order valence-electron chi connectivity index (χ2n) is 9.17. The van der Waals surface area contributed by atoms with Crippen LogP contribution in [0.3, 0.4) is 0 Å². The number of amides is 2. The van der Waals surface area contributed by atoms with Crippen LogP contribution in [0.5, 0.6) is 0 Å². The van der Waals surface area contributed by atoms with E-state index < -0.39 is 0 Å². The number of nitrogens with one attached hydrogen (secondary N) is 1. The van der Waals surface area contributed by atoms with Gasteiger partial charge in [-0.05, 0) is 50.9 Å². The molecule has 1 atom stereocenters. The van der Waals surface area contributed by atoms with Crippen molar-refractivity contribution in [3.63, 3.8) is 0 Å². The third-order valence-electron chi connectivity index (χ3n) is 5.98. The summed E-state index contributed by atoms with van der Waals surface area (Å²) in [7, 11) is 4.08. The predicted octanol–water partition coefficient (Wildman–Crippen LogP) is 5.05. The van der Waals surface area contributed by atoms with Gasteiger partial charge in [-0.25, -0.2) is 4.79 Å². The van der Waals surface area contributed by atoms with Gasteiger partial charge in [0.1, 0.15) is 0 Å². The van der Waals surface area contributed by atoms with Crippen LogP contribution in [-0.4, -0.2) is 62.2 Å². The molecule has 0 radical (unpaired) electrons. The molecule has 0 saturated heterocycles. The first-order valence-electron chi connectivity index (χ1n) is 12.3. The van der Waals surface area contributed by atoms with Gasteiger partial charge >= 0.3 is 6.03 Å². The number of hydrogen-bond donors (Lipinski definition) is 1. The Hall–Kier alpha value is -2.89. The van der Waals surface area contributed by atoms with E-state index in [1.165, 1.54) is 11.1 Å². The van der Waals surface area contributed by atoms with Crippen LogP contribution in [0.2, 0.25) is 0 Å². The Morgan fingerprint density at radius 1 is 0.971 bits per heavy atom. The molecular formula is C29H39N3O2. The molecule has 1 N–H and O–H groups in total. The van der Waals surface area contributed by atoms with E-state index >= 15 is 0 Å². The van der Waals surface area contributed by atoms with Crippen LogP contribution < -0.4 is 5.32 Å². The molecule has 2 aromatic rings. The number of likely N-dealkylation sites (N-methyl/N-ethyl adjacent to an activating group) is 1. The summed E-state index contributed by atoms with van der Waals surface area (Å²) in [6.45, 7) is 3.24. The smallest absolute Gasteiger partial charge is 0.317 e. The first kappa shape index (κ1) is 25.7. The van der Waals surface area contributed by atoms with E-state index in [1.807, 2.05) is 55.4 Å². The summed E-state index contributed by atoms with van der Waals surface area (Å²) in [6, 6.07) is 20.4. The molecule has 0 aromatic heterocycles. The van der Waals surface area contributed by atoms with Crippen molar-refractivity contribution in [1.82, 2.24) is 15.1 Å². The van der Waals surface area contributed by atoms with E-state index in [0.29, 0.717) is 26.3 Å². The Morgan fingerprint density at radius 2 is 1.68 bits per heavy atom. The normalized spacial score (nSPS) is 14.0. The summed E-state index contributed by atoms with van der Waals surface area (Å²) in [5.74, 6) is 0. The van der Waals surface area contributed by atoms with Crippen molar-refractivity contribution in [1.29, 1.82) is 0 Å². The minimum absolute atomic E-state index is 0.0157. The molecule has 34 heavy (non-hydrogen) atoms. The maximum absolute atomic E-state index is 13.4. The van der Waals surface area contributed by atoms with Gasteiger partial charge in [0.25, 0.3) is 0 Å². The lowest BCUT2D eigenvalue weighted by Crippen LogP contribution is -2.49. The monoisotopic (exact) mass is 461 g/mol. The van der Waals surface area contributed by atoms with Crippen LogP contribution in [0.15, 0.2) is 84.5 Å². The molecular weight excluding hydrogens is 422 g/mol. The molecule has 0 aliphatic heterocycles. The van der Waals surface area contributed by atoms with E-state index in [1.54, 1.807) is 0 Å². The molecule has 0 bridgehead atoms. The van der Waals surface area contributed by atoms with Crippen molar-refractivity contribution < 1.29 is 9.53 Å². The van der Waals surface area contributed by atoms with Gasteiger partial charge in [0.2, 0.25) is 0 Å². The van der Waals surface area contributed by atoms with E-state index in [-0.39, 0.29) is 12.1 Å². The van der Waals surface area contributed by atoms with Crippen LogP contribution in [0.1, 0.15) is 30.4 Å². The third-order valence-corrected chi connectivity index (χ3v) is 5.98. The Labute approximate surface area is 205 Å². The van der Waals surface area contributed by atoms with Gasteiger partial charge in [0.15, 0.2) is 0 Å². The summed E-state index contributed by atoms with van der Waals surface area (Å²) in [4.78, 5) is 17.4. The molecule has 3 rings (SSSR count). The third kappa shape index (κ3) is 9.54. The predicted molar refractivity (Wildman–Crippen MR) is 140 cm³/mol. The average Bonchev–Trinajstić information content (AvgIpc) is 2.85. The van der Waals surface area contributed by atoms with E-state index in [0.717, 1.165) is 37.8 Å². The molecule has 2 amide bonds. The molecule has 1 aliphatic rings. The number of hydrogen-bond acceptors (Lipinski definition) is 3. The van der Waals surface area contributed by atoms with Gasteiger partial charge in [-0.15, -0.1) is 0 Å². The van der Waals surface area contributed by atoms with Gasteiger partial charge in [0.05, 0.1) is 19.3 Å². The number of carbonyl (C=O) groups is 1. The quantitative estimate of drug-likeness (QED) is 0.454. The van der Waals surface area contributed by atoms with Crippen molar-refractivity contribution in [2.75, 3.05) is 40.3 Å². The zero-order valence-corrected chi connectivity index (χ0v) is 20.7. The Morgan fingerprint density at radius 3 is 2.32 bits per heavy atom. The molecule has 0 heterocycles. The SMILES string of the molecule is CN(C)CCN(CCc1ccccc1)C(=O)N[C@H](COCc1ccccc1)CC1=CC=CCC1. The standard InChI is InChI=1S/C29H39N3O2/c1-31(2)20-21-32(19-18-25-12-6-3-7-13-25)29(33)30-28(22-26-14-8-4-9-15-26)24-34-23-27-16-10-5-11-17-27/h3-8,10-14,16-17,28H,9,15,18-24H2,1-2H3,(H,30,33)/t28-/m0/s1. The minimum atomic E-state index is -0.0625. The summed E-state index contributed by atoms with van der Waals surface area (Å²) in [6.07, 6.45) is 10.2. The number of benzene rings is 2. The molecule has 5 heteroatoms. The average molecular weight is 462 g/mol. The number of allylic oxidation sites excluding steroid dienone is 3. The molecule has 0 unspecified atom stereocenters. The van der Waals surface area contributed by atoms with Crippen molar-refractivity contribution in [3.05, 3.63) is 95.6 Å². The van der Waals surface area contributed by atoms with E-state index in [9.17, 15) is 4.79 Å². The number of rotatable bonds is 13. The lowest BCUT2D eigenvalue weighted by atomic mass is 9.98. The van der Waals surface area contributed by atoms with Crippen LogP contribution in [-0.2, 0) is 17.8 Å². The van der Waals surface area contributed by atoms with Gasteiger partial charge < -0.3 is 19.9 Å². The summed E-state index contributed by atoms with van der Waals surface area (Å²) in [5.41, 5.74) is 3.75. The number of ether oxygens (including phenoxy) is 1. The highest BCUT2D eigenvalue weighted by atomic mass is 16.5. The Bertz CT molecular complexity index is 909. The second kappa shape index (κ2) is 14.4. The maximum atomic E-state index is 13.4. The largest absolute Gasteiger partial charge is 0.375 e. The minimum Gasteiger partial charge on any atom is -0.375 e.